The molecule has 2 aromatic carbocycles. The van der Waals surface area contributed by atoms with Crippen molar-refractivity contribution in [2.45, 2.75) is 46.0 Å². The third-order valence-corrected chi connectivity index (χ3v) is 4.66. The molecule has 0 heterocycles. The van der Waals surface area contributed by atoms with Gasteiger partial charge in [0.2, 0.25) is 0 Å². The van der Waals surface area contributed by atoms with Crippen LogP contribution in [0, 0.1) is 0 Å². The third-order valence-electron chi connectivity index (χ3n) is 4.45. The largest absolute Gasteiger partial charge is 0.484 e. The minimum absolute atomic E-state index is 0.0569. The number of esters is 1. The van der Waals surface area contributed by atoms with Crippen LogP contribution in [0.2, 0.25) is 0 Å². The highest BCUT2D eigenvalue weighted by molar-refractivity contribution is 7.80. The molecule has 0 unspecified atom stereocenters. The minimum Gasteiger partial charge on any atom is -0.484 e. The molecule has 6 nitrogen and oxygen atoms in total. The quantitative estimate of drug-likeness (QED) is 0.346. The summed E-state index contributed by atoms with van der Waals surface area (Å²) in [6.45, 7) is 8.70. The van der Waals surface area contributed by atoms with Crippen LogP contribution in [-0.2, 0) is 14.9 Å². The molecule has 0 spiro atoms. The molecule has 0 aliphatic rings. The summed E-state index contributed by atoms with van der Waals surface area (Å²) in [4.78, 5) is 24.0. The number of ether oxygens (including phenoxy) is 2. The molecule has 0 radical (unpaired) electrons. The molecular formula is C24H30N2O4S. The van der Waals surface area contributed by atoms with Crippen LogP contribution in [0.25, 0.3) is 0 Å². The molecule has 7 heteroatoms. The van der Waals surface area contributed by atoms with E-state index in [-0.39, 0.29) is 29.0 Å². The fourth-order valence-corrected chi connectivity index (χ4v) is 2.84. The van der Waals surface area contributed by atoms with Gasteiger partial charge in [-0.15, -0.1) is 0 Å². The summed E-state index contributed by atoms with van der Waals surface area (Å²) in [5, 5.41) is 5.62. The number of unbranched alkanes of at least 4 members (excludes halogenated alkanes) is 1. The first-order valence-corrected chi connectivity index (χ1v) is 10.7. The van der Waals surface area contributed by atoms with Crippen molar-refractivity contribution in [2.75, 3.05) is 18.5 Å². The van der Waals surface area contributed by atoms with E-state index in [0.717, 1.165) is 12.8 Å². The van der Waals surface area contributed by atoms with E-state index in [1.165, 1.54) is 5.56 Å². The molecule has 2 rings (SSSR count). The van der Waals surface area contributed by atoms with Crippen molar-refractivity contribution in [3.05, 3.63) is 59.7 Å². The molecule has 0 aliphatic heterocycles. The summed E-state index contributed by atoms with van der Waals surface area (Å²) >= 11 is 5.17. The zero-order valence-electron chi connectivity index (χ0n) is 18.5. The van der Waals surface area contributed by atoms with Gasteiger partial charge in [-0.3, -0.25) is 10.1 Å². The van der Waals surface area contributed by atoms with E-state index < -0.39 is 0 Å². The number of carbonyl (C=O) groups is 2. The lowest BCUT2D eigenvalue weighted by atomic mass is 9.87. The summed E-state index contributed by atoms with van der Waals surface area (Å²) < 4.78 is 10.7. The maximum Gasteiger partial charge on any atom is 0.338 e. The van der Waals surface area contributed by atoms with E-state index in [4.69, 9.17) is 21.7 Å². The SMILES string of the molecule is CCCCOC(=O)c1ccc(NC(=S)NC(=O)COc2ccc(C(C)(C)C)cc2)cc1. The number of nitrogens with one attached hydrogen (secondary N) is 2. The van der Waals surface area contributed by atoms with E-state index in [9.17, 15) is 9.59 Å². The van der Waals surface area contributed by atoms with Crippen molar-refractivity contribution >= 4 is 34.9 Å². The molecular weight excluding hydrogens is 412 g/mol. The first kappa shape index (κ1) is 24.3. The normalized spacial score (nSPS) is 10.8. The maximum atomic E-state index is 12.1. The van der Waals surface area contributed by atoms with Crippen LogP contribution in [0.1, 0.15) is 56.5 Å². The van der Waals surface area contributed by atoms with Gasteiger partial charge < -0.3 is 14.8 Å². The van der Waals surface area contributed by atoms with Gasteiger partial charge in [0.1, 0.15) is 5.75 Å². The Morgan fingerprint density at radius 3 is 2.23 bits per heavy atom. The standard InChI is InChI=1S/C24H30N2O4S/c1-5-6-15-29-22(28)17-7-11-19(12-8-17)25-23(31)26-21(27)16-30-20-13-9-18(10-14-20)24(2,3)4/h7-14H,5-6,15-16H2,1-4H3,(H2,25,26,27,31). The molecule has 0 aliphatic carbocycles. The van der Waals surface area contributed by atoms with Gasteiger partial charge >= 0.3 is 5.97 Å². The predicted molar refractivity (Wildman–Crippen MR) is 127 cm³/mol. The van der Waals surface area contributed by atoms with E-state index in [0.29, 0.717) is 23.6 Å². The second-order valence-corrected chi connectivity index (χ2v) is 8.54. The molecule has 0 bridgehead atoms. The monoisotopic (exact) mass is 442 g/mol. The Bertz CT molecular complexity index is 887. The van der Waals surface area contributed by atoms with Crippen LogP contribution >= 0.6 is 12.2 Å². The second-order valence-electron chi connectivity index (χ2n) is 8.13. The minimum atomic E-state index is -0.367. The van der Waals surface area contributed by atoms with Crippen LogP contribution in [0.5, 0.6) is 5.75 Å². The number of thiocarbonyl (C=S) groups is 1. The number of carbonyl (C=O) groups excluding carboxylic acids is 2. The Morgan fingerprint density at radius 2 is 1.65 bits per heavy atom. The van der Waals surface area contributed by atoms with Gasteiger partial charge in [-0.25, -0.2) is 4.79 Å². The Hall–Kier alpha value is -2.93. The van der Waals surface area contributed by atoms with Crippen LogP contribution in [0.4, 0.5) is 5.69 Å². The molecule has 0 saturated heterocycles. The summed E-state index contributed by atoms with van der Waals surface area (Å²) in [5.74, 6) is -0.111. The number of benzene rings is 2. The highest BCUT2D eigenvalue weighted by Crippen LogP contribution is 2.24. The van der Waals surface area contributed by atoms with Crippen molar-refractivity contribution in [3.63, 3.8) is 0 Å². The van der Waals surface area contributed by atoms with E-state index >= 15 is 0 Å². The number of anilines is 1. The molecule has 31 heavy (non-hydrogen) atoms. The fraction of sp³-hybridized carbons (Fsp3) is 0.375. The summed E-state index contributed by atoms with van der Waals surface area (Å²) in [5.41, 5.74) is 2.35. The van der Waals surface area contributed by atoms with Gasteiger partial charge in [-0.1, -0.05) is 46.2 Å². The smallest absolute Gasteiger partial charge is 0.338 e. The van der Waals surface area contributed by atoms with Crippen LogP contribution in [0.3, 0.4) is 0 Å². The van der Waals surface area contributed by atoms with Crippen LogP contribution < -0.4 is 15.4 Å². The molecule has 0 saturated carbocycles. The lowest BCUT2D eigenvalue weighted by Crippen LogP contribution is -2.37. The predicted octanol–water partition coefficient (Wildman–Crippen LogP) is 4.83. The van der Waals surface area contributed by atoms with Gasteiger partial charge in [0, 0.05) is 5.69 Å². The van der Waals surface area contributed by atoms with Crippen molar-refractivity contribution in [1.29, 1.82) is 0 Å². The third kappa shape index (κ3) is 8.38. The average Bonchev–Trinajstić information content (AvgIpc) is 2.72. The fourth-order valence-electron chi connectivity index (χ4n) is 2.61. The zero-order chi connectivity index (χ0) is 22.9. The number of hydrogen-bond donors (Lipinski definition) is 2. The average molecular weight is 443 g/mol. The molecule has 0 aromatic heterocycles. The van der Waals surface area contributed by atoms with E-state index in [1.807, 2.05) is 31.2 Å². The Morgan fingerprint density at radius 1 is 1.00 bits per heavy atom. The zero-order valence-corrected chi connectivity index (χ0v) is 19.3. The molecule has 1 amide bonds. The number of hydrogen-bond acceptors (Lipinski definition) is 5. The Balaban J connectivity index is 1.77. The van der Waals surface area contributed by atoms with Gasteiger partial charge in [0.15, 0.2) is 11.7 Å². The van der Waals surface area contributed by atoms with Crippen molar-refractivity contribution < 1.29 is 19.1 Å². The molecule has 2 aromatic rings. The van der Waals surface area contributed by atoms with E-state index in [1.54, 1.807) is 24.3 Å². The van der Waals surface area contributed by atoms with Crippen molar-refractivity contribution in [3.8, 4) is 5.75 Å². The summed E-state index contributed by atoms with van der Waals surface area (Å²) in [6.07, 6.45) is 1.80. The van der Waals surface area contributed by atoms with Gasteiger partial charge in [-0.05, 0) is 66.0 Å². The van der Waals surface area contributed by atoms with Crippen LogP contribution in [-0.4, -0.2) is 30.2 Å². The first-order valence-electron chi connectivity index (χ1n) is 10.3. The molecule has 0 atom stereocenters. The highest BCUT2D eigenvalue weighted by atomic mass is 32.1. The van der Waals surface area contributed by atoms with Gasteiger partial charge in [-0.2, -0.15) is 0 Å². The topological polar surface area (TPSA) is 76.7 Å². The van der Waals surface area contributed by atoms with Gasteiger partial charge in [0.05, 0.1) is 12.2 Å². The van der Waals surface area contributed by atoms with Gasteiger partial charge in [0.25, 0.3) is 5.91 Å². The van der Waals surface area contributed by atoms with Crippen LogP contribution in [0.15, 0.2) is 48.5 Å². The van der Waals surface area contributed by atoms with E-state index in [2.05, 4.69) is 31.4 Å². The Kier molecular flexibility index (Phi) is 9.00. The lowest BCUT2D eigenvalue weighted by molar-refractivity contribution is -0.121. The summed E-state index contributed by atoms with van der Waals surface area (Å²) in [6, 6.07) is 14.4. The van der Waals surface area contributed by atoms with Crippen molar-refractivity contribution in [2.24, 2.45) is 0 Å². The maximum absolute atomic E-state index is 12.1. The molecule has 166 valence electrons. The first-order chi connectivity index (χ1) is 14.7. The molecule has 2 N–H and O–H groups in total. The summed E-state index contributed by atoms with van der Waals surface area (Å²) in [7, 11) is 0. The van der Waals surface area contributed by atoms with Crippen molar-refractivity contribution in [1.82, 2.24) is 5.32 Å². The highest BCUT2D eigenvalue weighted by Gasteiger charge is 2.13. The second kappa shape index (κ2) is 11.5. The number of amides is 1. The lowest BCUT2D eigenvalue weighted by Gasteiger charge is -2.19. The number of rotatable bonds is 8. The Labute approximate surface area is 189 Å². The molecule has 0 fully saturated rings.